The van der Waals surface area contributed by atoms with Crippen LogP contribution in [0.25, 0.3) is 0 Å². The van der Waals surface area contributed by atoms with Crippen LogP contribution < -0.4 is 11.1 Å². The summed E-state index contributed by atoms with van der Waals surface area (Å²) in [4.78, 5) is 14.0. The van der Waals surface area contributed by atoms with Gasteiger partial charge in [-0.15, -0.1) is 0 Å². The molecule has 92 valence electrons. The molecular formula is C13H19N3O. The van der Waals surface area contributed by atoms with Crippen molar-refractivity contribution in [3.05, 3.63) is 30.3 Å². The zero-order valence-electron chi connectivity index (χ0n) is 9.93. The monoisotopic (exact) mass is 233 g/mol. The van der Waals surface area contributed by atoms with Crippen LogP contribution in [0.4, 0.5) is 5.69 Å². The number of carbonyl (C=O) groups is 1. The molecule has 3 N–H and O–H groups in total. The van der Waals surface area contributed by atoms with Gasteiger partial charge in [-0.3, -0.25) is 9.69 Å². The van der Waals surface area contributed by atoms with E-state index in [4.69, 9.17) is 5.73 Å². The first-order chi connectivity index (χ1) is 8.29. The van der Waals surface area contributed by atoms with Crippen molar-refractivity contribution in [2.24, 2.45) is 5.73 Å². The molecule has 1 amide bonds. The van der Waals surface area contributed by atoms with E-state index in [0.29, 0.717) is 19.1 Å². The van der Waals surface area contributed by atoms with Crippen molar-refractivity contribution in [1.29, 1.82) is 0 Å². The van der Waals surface area contributed by atoms with E-state index in [1.807, 2.05) is 30.3 Å². The lowest BCUT2D eigenvalue weighted by Crippen LogP contribution is -2.38. The first-order valence-electron chi connectivity index (χ1n) is 6.08. The molecule has 1 aromatic carbocycles. The van der Waals surface area contributed by atoms with Gasteiger partial charge >= 0.3 is 0 Å². The number of hydrogen-bond acceptors (Lipinski definition) is 3. The predicted octanol–water partition coefficient (Wildman–Crippen LogP) is 1.05. The summed E-state index contributed by atoms with van der Waals surface area (Å²) in [6.45, 7) is 1.85. The zero-order valence-corrected chi connectivity index (χ0v) is 9.93. The Labute approximate surface area is 102 Å². The maximum Gasteiger partial charge on any atom is 0.238 e. The van der Waals surface area contributed by atoms with E-state index in [-0.39, 0.29) is 5.91 Å². The van der Waals surface area contributed by atoms with Crippen LogP contribution >= 0.6 is 0 Å². The fourth-order valence-corrected chi connectivity index (χ4v) is 1.90. The Morgan fingerprint density at radius 3 is 2.65 bits per heavy atom. The van der Waals surface area contributed by atoms with Crippen molar-refractivity contribution in [3.63, 3.8) is 0 Å². The zero-order chi connectivity index (χ0) is 12.1. The molecule has 2 rings (SSSR count). The third-order valence-corrected chi connectivity index (χ3v) is 2.88. The van der Waals surface area contributed by atoms with E-state index in [1.165, 1.54) is 12.8 Å². The molecule has 0 bridgehead atoms. The average molecular weight is 233 g/mol. The predicted molar refractivity (Wildman–Crippen MR) is 68.7 cm³/mol. The normalized spacial score (nSPS) is 14.9. The summed E-state index contributed by atoms with van der Waals surface area (Å²) >= 11 is 0. The number of nitrogens with zero attached hydrogens (tertiary/aromatic N) is 1. The quantitative estimate of drug-likeness (QED) is 0.772. The summed E-state index contributed by atoms with van der Waals surface area (Å²) in [7, 11) is 0. The highest BCUT2D eigenvalue weighted by Crippen LogP contribution is 2.26. The maximum absolute atomic E-state index is 11.8. The molecule has 0 unspecified atom stereocenters. The van der Waals surface area contributed by atoms with Crippen LogP contribution in [0.1, 0.15) is 12.8 Å². The lowest BCUT2D eigenvalue weighted by molar-refractivity contribution is -0.117. The van der Waals surface area contributed by atoms with Gasteiger partial charge in [0.25, 0.3) is 0 Å². The van der Waals surface area contributed by atoms with Crippen molar-refractivity contribution >= 4 is 11.6 Å². The molecule has 0 atom stereocenters. The summed E-state index contributed by atoms with van der Waals surface area (Å²) in [6, 6.07) is 10.1. The average Bonchev–Trinajstić information content (AvgIpc) is 3.13. The highest BCUT2D eigenvalue weighted by Gasteiger charge is 2.29. The smallest absolute Gasteiger partial charge is 0.238 e. The molecule has 4 nitrogen and oxygen atoms in total. The molecule has 1 aliphatic carbocycles. The topological polar surface area (TPSA) is 58.4 Å². The van der Waals surface area contributed by atoms with E-state index in [1.54, 1.807) is 0 Å². The molecule has 4 heteroatoms. The summed E-state index contributed by atoms with van der Waals surface area (Å²) < 4.78 is 0. The van der Waals surface area contributed by atoms with E-state index in [2.05, 4.69) is 10.2 Å². The van der Waals surface area contributed by atoms with Gasteiger partial charge in [-0.1, -0.05) is 18.2 Å². The fraction of sp³-hybridized carbons (Fsp3) is 0.462. The second kappa shape index (κ2) is 5.80. The van der Waals surface area contributed by atoms with Crippen molar-refractivity contribution in [2.75, 3.05) is 25.0 Å². The van der Waals surface area contributed by atoms with Crippen molar-refractivity contribution < 1.29 is 4.79 Å². The highest BCUT2D eigenvalue weighted by molar-refractivity contribution is 5.92. The molecule has 1 fully saturated rings. The Kier molecular flexibility index (Phi) is 4.12. The Balaban J connectivity index is 1.83. The van der Waals surface area contributed by atoms with Crippen LogP contribution in [0.15, 0.2) is 30.3 Å². The number of carbonyl (C=O) groups excluding carboxylic acids is 1. The number of nitrogens with two attached hydrogens (primary N) is 1. The van der Waals surface area contributed by atoms with Crippen LogP contribution in [-0.2, 0) is 4.79 Å². The van der Waals surface area contributed by atoms with Gasteiger partial charge in [-0.2, -0.15) is 0 Å². The van der Waals surface area contributed by atoms with Crippen LogP contribution in [0, 0.1) is 0 Å². The molecule has 0 spiro atoms. The molecule has 1 aromatic rings. The Morgan fingerprint density at radius 2 is 2.06 bits per heavy atom. The van der Waals surface area contributed by atoms with Gasteiger partial charge in [0, 0.05) is 24.8 Å². The van der Waals surface area contributed by atoms with Crippen molar-refractivity contribution in [1.82, 2.24) is 4.90 Å². The Hall–Kier alpha value is -1.39. The van der Waals surface area contributed by atoms with Crippen molar-refractivity contribution in [3.8, 4) is 0 Å². The molecule has 17 heavy (non-hydrogen) atoms. The van der Waals surface area contributed by atoms with Gasteiger partial charge in [0.15, 0.2) is 0 Å². The lowest BCUT2D eigenvalue weighted by atomic mass is 10.3. The van der Waals surface area contributed by atoms with Gasteiger partial charge < -0.3 is 11.1 Å². The molecule has 0 aliphatic heterocycles. The second-order valence-electron chi connectivity index (χ2n) is 4.40. The number of anilines is 1. The van der Waals surface area contributed by atoms with Crippen LogP contribution in [-0.4, -0.2) is 36.5 Å². The number of rotatable bonds is 6. The summed E-state index contributed by atoms with van der Waals surface area (Å²) in [5.41, 5.74) is 6.40. The Morgan fingerprint density at radius 1 is 1.35 bits per heavy atom. The number of para-hydroxylation sites is 1. The molecular weight excluding hydrogens is 214 g/mol. The number of amides is 1. The van der Waals surface area contributed by atoms with Crippen LogP contribution in [0.5, 0.6) is 0 Å². The SMILES string of the molecule is NCCN(CC(=O)Nc1ccccc1)C1CC1. The van der Waals surface area contributed by atoms with Gasteiger partial charge in [0.2, 0.25) is 5.91 Å². The third kappa shape index (κ3) is 3.84. The van der Waals surface area contributed by atoms with E-state index >= 15 is 0 Å². The minimum atomic E-state index is 0.0385. The second-order valence-corrected chi connectivity index (χ2v) is 4.40. The number of nitrogens with one attached hydrogen (secondary N) is 1. The van der Waals surface area contributed by atoms with E-state index in [9.17, 15) is 4.79 Å². The highest BCUT2D eigenvalue weighted by atomic mass is 16.2. The third-order valence-electron chi connectivity index (χ3n) is 2.88. The van der Waals surface area contributed by atoms with E-state index < -0.39 is 0 Å². The first-order valence-corrected chi connectivity index (χ1v) is 6.08. The molecule has 0 radical (unpaired) electrons. The molecule has 1 aliphatic rings. The Bertz CT molecular complexity index is 362. The van der Waals surface area contributed by atoms with Crippen molar-refractivity contribution in [2.45, 2.75) is 18.9 Å². The summed E-state index contributed by atoms with van der Waals surface area (Å²) in [6.07, 6.45) is 2.39. The van der Waals surface area contributed by atoms with Gasteiger partial charge in [-0.25, -0.2) is 0 Å². The lowest BCUT2D eigenvalue weighted by Gasteiger charge is -2.20. The van der Waals surface area contributed by atoms with Gasteiger partial charge in [0.05, 0.1) is 6.54 Å². The number of benzene rings is 1. The largest absolute Gasteiger partial charge is 0.329 e. The van der Waals surface area contributed by atoms with E-state index in [0.717, 1.165) is 12.2 Å². The molecule has 1 saturated carbocycles. The van der Waals surface area contributed by atoms with Gasteiger partial charge in [0.1, 0.15) is 0 Å². The fourth-order valence-electron chi connectivity index (χ4n) is 1.90. The summed E-state index contributed by atoms with van der Waals surface area (Å²) in [5.74, 6) is 0.0385. The van der Waals surface area contributed by atoms with Gasteiger partial charge in [-0.05, 0) is 25.0 Å². The summed E-state index contributed by atoms with van der Waals surface area (Å²) in [5, 5.41) is 2.89. The number of hydrogen-bond donors (Lipinski definition) is 2. The van der Waals surface area contributed by atoms with Crippen LogP contribution in [0.2, 0.25) is 0 Å². The molecule has 0 heterocycles. The first kappa shape index (κ1) is 12.1. The minimum absolute atomic E-state index is 0.0385. The van der Waals surface area contributed by atoms with Crippen LogP contribution in [0.3, 0.4) is 0 Å². The minimum Gasteiger partial charge on any atom is -0.329 e. The standard InChI is InChI=1S/C13H19N3O/c14-8-9-16(12-6-7-12)10-13(17)15-11-4-2-1-3-5-11/h1-5,12H,6-10,14H2,(H,15,17). The molecule has 0 aromatic heterocycles. The maximum atomic E-state index is 11.8. The molecule has 0 saturated heterocycles.